The SMILES string of the molecule is Cc1cc(C)c2c3c(n(CCOc4ccccc4)c2c1)CC(C)N(C)C3. The van der Waals surface area contributed by atoms with Crippen LogP contribution in [0.15, 0.2) is 42.5 Å². The lowest BCUT2D eigenvalue weighted by molar-refractivity contribution is 0.225. The van der Waals surface area contributed by atoms with Gasteiger partial charge in [-0.25, -0.2) is 0 Å². The largest absolute Gasteiger partial charge is 0.492 e. The summed E-state index contributed by atoms with van der Waals surface area (Å²) in [5, 5.41) is 1.45. The molecule has 1 atom stereocenters. The summed E-state index contributed by atoms with van der Waals surface area (Å²) in [5.41, 5.74) is 7.10. The molecule has 1 aromatic heterocycles. The molecule has 0 radical (unpaired) electrons. The van der Waals surface area contributed by atoms with Crippen LogP contribution in [0.2, 0.25) is 0 Å². The Kier molecular flexibility index (Phi) is 4.49. The van der Waals surface area contributed by atoms with E-state index in [-0.39, 0.29) is 0 Å². The van der Waals surface area contributed by atoms with Gasteiger partial charge in [-0.15, -0.1) is 0 Å². The number of para-hydroxylation sites is 1. The molecule has 2 aromatic carbocycles. The zero-order chi connectivity index (χ0) is 18.3. The third-order valence-electron chi connectivity index (χ3n) is 5.70. The van der Waals surface area contributed by atoms with Gasteiger partial charge in [-0.1, -0.05) is 24.3 Å². The lowest BCUT2D eigenvalue weighted by atomic mass is 9.97. The minimum atomic E-state index is 0.571. The van der Waals surface area contributed by atoms with Gasteiger partial charge in [0.2, 0.25) is 0 Å². The van der Waals surface area contributed by atoms with Gasteiger partial charge in [-0.05, 0) is 62.7 Å². The minimum absolute atomic E-state index is 0.571. The first-order chi connectivity index (χ1) is 12.5. The Hall–Kier alpha value is -2.26. The van der Waals surface area contributed by atoms with Crippen LogP contribution in [0.3, 0.4) is 0 Å². The number of nitrogens with zero attached hydrogens (tertiary/aromatic N) is 2. The Morgan fingerprint density at radius 3 is 2.65 bits per heavy atom. The molecule has 2 heterocycles. The summed E-state index contributed by atoms with van der Waals surface area (Å²) in [5.74, 6) is 0.943. The summed E-state index contributed by atoms with van der Waals surface area (Å²) in [4.78, 5) is 2.46. The van der Waals surface area contributed by atoms with E-state index in [0.717, 1.165) is 25.3 Å². The second kappa shape index (κ2) is 6.81. The van der Waals surface area contributed by atoms with Crippen molar-refractivity contribution in [3.05, 3.63) is 64.8 Å². The number of benzene rings is 2. The number of likely N-dealkylation sites (N-methyl/N-ethyl adjacent to an activating group) is 1. The number of hydrogen-bond acceptors (Lipinski definition) is 2. The first-order valence-electron chi connectivity index (χ1n) is 9.54. The van der Waals surface area contributed by atoms with Crippen molar-refractivity contribution in [1.82, 2.24) is 9.47 Å². The molecule has 0 fully saturated rings. The Labute approximate surface area is 156 Å². The summed E-state index contributed by atoms with van der Waals surface area (Å²) >= 11 is 0. The molecule has 0 aliphatic carbocycles. The fourth-order valence-corrected chi connectivity index (χ4v) is 4.27. The van der Waals surface area contributed by atoms with Crippen LogP contribution in [0, 0.1) is 13.8 Å². The summed E-state index contributed by atoms with van der Waals surface area (Å²) in [6, 6.07) is 15.3. The average molecular weight is 348 g/mol. The van der Waals surface area contributed by atoms with Crippen molar-refractivity contribution in [3.63, 3.8) is 0 Å². The number of fused-ring (bicyclic) bond motifs is 3. The molecule has 26 heavy (non-hydrogen) atoms. The van der Waals surface area contributed by atoms with Crippen molar-refractivity contribution in [2.24, 2.45) is 0 Å². The fourth-order valence-electron chi connectivity index (χ4n) is 4.27. The first-order valence-corrected chi connectivity index (χ1v) is 9.54. The highest BCUT2D eigenvalue weighted by Gasteiger charge is 2.27. The predicted octanol–water partition coefficient (Wildman–Crippen LogP) is 4.71. The van der Waals surface area contributed by atoms with Crippen LogP contribution in [0.5, 0.6) is 5.75 Å². The second-order valence-electron chi connectivity index (χ2n) is 7.68. The second-order valence-corrected chi connectivity index (χ2v) is 7.68. The zero-order valence-electron chi connectivity index (χ0n) is 16.2. The highest BCUT2D eigenvalue weighted by molar-refractivity contribution is 5.89. The number of aryl methyl sites for hydroxylation is 2. The maximum atomic E-state index is 6.00. The minimum Gasteiger partial charge on any atom is -0.492 e. The molecular weight excluding hydrogens is 320 g/mol. The predicted molar refractivity (Wildman–Crippen MR) is 108 cm³/mol. The molecule has 136 valence electrons. The van der Waals surface area contributed by atoms with Gasteiger partial charge >= 0.3 is 0 Å². The summed E-state index contributed by atoms with van der Waals surface area (Å²) in [6.45, 7) is 9.38. The van der Waals surface area contributed by atoms with Crippen molar-refractivity contribution in [2.75, 3.05) is 13.7 Å². The van der Waals surface area contributed by atoms with Gasteiger partial charge in [-0.3, -0.25) is 4.90 Å². The van der Waals surface area contributed by atoms with E-state index in [0.29, 0.717) is 12.6 Å². The smallest absolute Gasteiger partial charge is 0.119 e. The molecule has 0 N–H and O–H groups in total. The van der Waals surface area contributed by atoms with Crippen molar-refractivity contribution < 1.29 is 4.74 Å². The maximum absolute atomic E-state index is 6.00. The van der Waals surface area contributed by atoms with Gasteiger partial charge in [0.1, 0.15) is 12.4 Å². The van der Waals surface area contributed by atoms with Crippen molar-refractivity contribution in [1.29, 1.82) is 0 Å². The van der Waals surface area contributed by atoms with Gasteiger partial charge < -0.3 is 9.30 Å². The standard InChI is InChI=1S/C23H28N2O/c1-16-12-17(2)23-20-15-24(4)18(3)14-21(20)25(22(23)13-16)10-11-26-19-8-6-5-7-9-19/h5-9,12-13,18H,10-11,14-15H2,1-4H3. The quantitative estimate of drug-likeness (QED) is 0.679. The number of aromatic nitrogens is 1. The molecule has 1 aliphatic heterocycles. The van der Waals surface area contributed by atoms with E-state index in [1.807, 2.05) is 30.3 Å². The summed E-state index contributed by atoms with van der Waals surface area (Å²) in [7, 11) is 2.23. The van der Waals surface area contributed by atoms with E-state index in [1.54, 1.807) is 0 Å². The Morgan fingerprint density at radius 2 is 1.88 bits per heavy atom. The molecule has 3 heteroatoms. The van der Waals surface area contributed by atoms with Crippen molar-refractivity contribution in [3.8, 4) is 5.75 Å². The highest BCUT2D eigenvalue weighted by atomic mass is 16.5. The molecule has 4 rings (SSSR count). The molecular formula is C23H28N2O. The molecule has 0 saturated heterocycles. The maximum Gasteiger partial charge on any atom is 0.119 e. The van der Waals surface area contributed by atoms with Crippen LogP contribution in [0.1, 0.15) is 29.3 Å². The van der Waals surface area contributed by atoms with Crippen LogP contribution in [-0.4, -0.2) is 29.2 Å². The van der Waals surface area contributed by atoms with E-state index >= 15 is 0 Å². The lowest BCUT2D eigenvalue weighted by Gasteiger charge is -2.31. The van der Waals surface area contributed by atoms with E-state index in [9.17, 15) is 0 Å². The van der Waals surface area contributed by atoms with Gasteiger partial charge in [0.25, 0.3) is 0 Å². The molecule has 0 amide bonds. The number of ether oxygens (including phenoxy) is 1. The Morgan fingerprint density at radius 1 is 1.12 bits per heavy atom. The number of rotatable bonds is 4. The van der Waals surface area contributed by atoms with Crippen LogP contribution in [0.4, 0.5) is 0 Å². The van der Waals surface area contributed by atoms with E-state index in [2.05, 4.69) is 49.4 Å². The highest BCUT2D eigenvalue weighted by Crippen LogP contribution is 2.35. The van der Waals surface area contributed by atoms with Crippen LogP contribution in [0.25, 0.3) is 10.9 Å². The molecule has 0 saturated carbocycles. The Balaban J connectivity index is 1.72. The van der Waals surface area contributed by atoms with Gasteiger partial charge in [0, 0.05) is 35.6 Å². The number of hydrogen-bond donors (Lipinski definition) is 0. The van der Waals surface area contributed by atoms with Gasteiger partial charge in [0.05, 0.1) is 6.54 Å². The molecule has 3 nitrogen and oxygen atoms in total. The zero-order valence-corrected chi connectivity index (χ0v) is 16.2. The van der Waals surface area contributed by atoms with Crippen LogP contribution < -0.4 is 4.74 Å². The molecule has 1 aliphatic rings. The van der Waals surface area contributed by atoms with E-state index < -0.39 is 0 Å². The topological polar surface area (TPSA) is 17.4 Å². The monoisotopic (exact) mass is 348 g/mol. The first kappa shape index (κ1) is 17.2. The van der Waals surface area contributed by atoms with Crippen molar-refractivity contribution in [2.45, 2.75) is 46.3 Å². The van der Waals surface area contributed by atoms with Crippen molar-refractivity contribution >= 4 is 10.9 Å². The average Bonchev–Trinajstić information content (AvgIpc) is 2.89. The third-order valence-corrected chi connectivity index (χ3v) is 5.70. The third kappa shape index (κ3) is 3.01. The molecule has 0 bridgehead atoms. The van der Waals surface area contributed by atoms with Crippen LogP contribution >= 0.6 is 0 Å². The Bertz CT molecular complexity index is 927. The molecule has 3 aromatic rings. The van der Waals surface area contributed by atoms with E-state index in [4.69, 9.17) is 4.74 Å². The summed E-state index contributed by atoms with van der Waals surface area (Å²) < 4.78 is 8.51. The van der Waals surface area contributed by atoms with Crippen LogP contribution in [-0.2, 0) is 19.5 Å². The van der Waals surface area contributed by atoms with Gasteiger partial charge in [0.15, 0.2) is 0 Å². The molecule has 1 unspecified atom stereocenters. The summed E-state index contributed by atoms with van der Waals surface area (Å²) in [6.07, 6.45) is 1.10. The van der Waals surface area contributed by atoms with E-state index in [1.165, 1.54) is 33.3 Å². The van der Waals surface area contributed by atoms with Gasteiger partial charge in [-0.2, -0.15) is 0 Å². The lowest BCUT2D eigenvalue weighted by Crippen LogP contribution is -2.35. The molecule has 0 spiro atoms. The fraction of sp³-hybridized carbons (Fsp3) is 0.391. The normalized spacial score (nSPS) is 17.5.